The Kier molecular flexibility index (Phi) is 22.4. The first kappa shape index (κ1) is 49.3. The predicted octanol–water partition coefficient (Wildman–Crippen LogP) is 11.1. The standard InChI is InChI=1S/C49H85NO9/c1-6-9-10-14-38-17-21-43(22-18-38)44-23-19-39(20-24-44)33-56-45(51)15-11-12-16-46(52)57-34-42(36-59-48(54)55-26-13-25-50(7-2)8-3)35-58-47(53)32-49(5)30-40-27-37(4)28-41(29-40)31-49/h37-44H,6-36H2,1-5H3. The molecule has 0 aromatic rings. The van der Waals surface area contributed by atoms with Crippen LogP contribution in [0.4, 0.5) is 4.79 Å². The van der Waals surface area contributed by atoms with E-state index in [0.29, 0.717) is 50.0 Å². The molecule has 0 aliphatic heterocycles. The average Bonchev–Trinajstić information content (AvgIpc) is 3.21. The van der Waals surface area contributed by atoms with Gasteiger partial charge in [-0.1, -0.05) is 73.1 Å². The predicted molar refractivity (Wildman–Crippen MR) is 232 cm³/mol. The fraction of sp³-hybridized carbons (Fsp3) is 0.918. The summed E-state index contributed by atoms with van der Waals surface area (Å²) < 4.78 is 27.7. The molecule has 2 bridgehead atoms. The Labute approximate surface area is 358 Å². The smallest absolute Gasteiger partial charge is 0.465 e. The number of nitrogens with zero attached hydrogens (tertiary/aromatic N) is 1. The Morgan fingerprint density at radius 1 is 0.627 bits per heavy atom. The summed E-state index contributed by atoms with van der Waals surface area (Å²) in [6, 6.07) is 0. The lowest BCUT2D eigenvalue weighted by atomic mass is 9.58. The number of ether oxygens (including phenoxy) is 5. The van der Waals surface area contributed by atoms with Crippen LogP contribution >= 0.6 is 0 Å². The van der Waals surface area contributed by atoms with Crippen molar-refractivity contribution in [3.63, 3.8) is 0 Å². The molecular formula is C49H85NO9. The normalized spacial score (nSPS) is 28.7. The van der Waals surface area contributed by atoms with E-state index >= 15 is 0 Å². The summed E-state index contributed by atoms with van der Waals surface area (Å²) in [7, 11) is 0. The molecule has 0 N–H and O–H groups in total. The first-order valence-corrected chi connectivity index (χ1v) is 24.5. The molecule has 3 atom stereocenters. The molecule has 0 amide bonds. The number of carbonyl (C=O) groups excluding carboxylic acids is 4. The Morgan fingerprint density at radius 3 is 1.78 bits per heavy atom. The zero-order chi connectivity index (χ0) is 42.5. The van der Waals surface area contributed by atoms with Gasteiger partial charge in [0.2, 0.25) is 0 Å². The van der Waals surface area contributed by atoms with E-state index in [4.69, 9.17) is 23.7 Å². The second-order valence-corrected chi connectivity index (χ2v) is 19.9. The van der Waals surface area contributed by atoms with Crippen LogP contribution in [-0.4, -0.2) is 81.6 Å². The largest absolute Gasteiger partial charge is 0.508 e. The number of esters is 3. The minimum atomic E-state index is -0.784. The van der Waals surface area contributed by atoms with Gasteiger partial charge in [-0.15, -0.1) is 0 Å². The summed E-state index contributed by atoms with van der Waals surface area (Å²) in [5.74, 6) is 3.90. The lowest BCUT2D eigenvalue weighted by molar-refractivity contribution is -0.153. The summed E-state index contributed by atoms with van der Waals surface area (Å²) in [6.07, 6.45) is 23.7. The van der Waals surface area contributed by atoms with Crippen molar-refractivity contribution in [3.8, 4) is 0 Å². The van der Waals surface area contributed by atoms with Crippen molar-refractivity contribution in [1.82, 2.24) is 4.90 Å². The number of hydrogen-bond donors (Lipinski definition) is 0. The molecule has 0 radical (unpaired) electrons. The highest BCUT2D eigenvalue weighted by Gasteiger charge is 2.42. The Hall–Kier alpha value is -2.36. The van der Waals surface area contributed by atoms with E-state index in [9.17, 15) is 19.2 Å². The molecule has 4 aliphatic rings. The molecule has 4 rings (SSSR count). The van der Waals surface area contributed by atoms with Gasteiger partial charge >= 0.3 is 24.1 Å². The first-order chi connectivity index (χ1) is 28.5. The maximum Gasteiger partial charge on any atom is 0.508 e. The van der Waals surface area contributed by atoms with Crippen molar-refractivity contribution in [3.05, 3.63) is 0 Å². The second-order valence-electron chi connectivity index (χ2n) is 19.9. The van der Waals surface area contributed by atoms with Crippen LogP contribution in [-0.2, 0) is 38.1 Å². The van der Waals surface area contributed by atoms with Gasteiger partial charge in [0.05, 0.1) is 25.6 Å². The summed E-state index contributed by atoms with van der Waals surface area (Å²) in [4.78, 5) is 53.1. The van der Waals surface area contributed by atoms with Gasteiger partial charge in [0, 0.05) is 19.4 Å². The minimum Gasteiger partial charge on any atom is -0.465 e. The second kappa shape index (κ2) is 26.9. The summed E-state index contributed by atoms with van der Waals surface area (Å²) >= 11 is 0. The summed E-state index contributed by atoms with van der Waals surface area (Å²) in [5, 5.41) is 0. The summed E-state index contributed by atoms with van der Waals surface area (Å²) in [6.45, 7) is 14.3. The fourth-order valence-electron chi connectivity index (χ4n) is 11.4. The zero-order valence-electron chi connectivity index (χ0n) is 38.2. The molecule has 0 aromatic carbocycles. The minimum absolute atomic E-state index is 0.0188. The molecule has 4 fully saturated rings. The van der Waals surface area contributed by atoms with Crippen LogP contribution in [0.25, 0.3) is 0 Å². The van der Waals surface area contributed by atoms with Crippen LogP contribution in [0.2, 0.25) is 0 Å². The molecule has 3 unspecified atom stereocenters. The van der Waals surface area contributed by atoms with E-state index in [2.05, 4.69) is 39.5 Å². The Balaban J connectivity index is 1.10. The lowest BCUT2D eigenvalue weighted by Crippen LogP contribution is -2.38. The molecule has 0 aromatic heterocycles. The number of hydrogen-bond acceptors (Lipinski definition) is 10. The van der Waals surface area contributed by atoms with Crippen LogP contribution in [0.3, 0.4) is 0 Å². The topological polar surface area (TPSA) is 118 Å². The highest BCUT2D eigenvalue weighted by atomic mass is 16.7. The van der Waals surface area contributed by atoms with Gasteiger partial charge in [-0.05, 0) is 150 Å². The zero-order valence-corrected chi connectivity index (χ0v) is 38.2. The monoisotopic (exact) mass is 832 g/mol. The Bertz CT molecular complexity index is 1200. The van der Waals surface area contributed by atoms with Gasteiger partial charge in [-0.25, -0.2) is 4.79 Å². The molecule has 4 saturated carbocycles. The molecule has 0 saturated heterocycles. The van der Waals surface area contributed by atoms with Crippen molar-refractivity contribution in [2.45, 2.75) is 182 Å². The van der Waals surface area contributed by atoms with Crippen LogP contribution in [0.5, 0.6) is 0 Å². The first-order valence-electron chi connectivity index (χ1n) is 24.5. The van der Waals surface area contributed by atoms with Gasteiger partial charge in [0.25, 0.3) is 0 Å². The third-order valence-corrected chi connectivity index (χ3v) is 14.6. The van der Waals surface area contributed by atoms with Crippen LogP contribution < -0.4 is 0 Å². The number of carbonyl (C=O) groups is 4. The van der Waals surface area contributed by atoms with Gasteiger partial charge in [-0.3, -0.25) is 14.4 Å². The van der Waals surface area contributed by atoms with E-state index in [-0.39, 0.29) is 56.6 Å². The van der Waals surface area contributed by atoms with Crippen molar-refractivity contribution < 1.29 is 42.9 Å². The van der Waals surface area contributed by atoms with Gasteiger partial charge in [-0.2, -0.15) is 0 Å². The highest BCUT2D eigenvalue weighted by molar-refractivity contribution is 5.71. The molecule has 10 heteroatoms. The van der Waals surface area contributed by atoms with Crippen molar-refractivity contribution >= 4 is 24.1 Å². The van der Waals surface area contributed by atoms with Crippen LogP contribution in [0, 0.1) is 52.8 Å². The number of unbranched alkanes of at least 4 members (excludes halogenated alkanes) is 3. The molecule has 59 heavy (non-hydrogen) atoms. The SMILES string of the molecule is CCCCCC1CCC(C2CCC(COC(=O)CCCCC(=O)OCC(COC(=O)CC3(C)CC4CC(C)CC(C4)C3)COC(=O)OCCCN(CC)CC)CC2)CC1. The van der Waals surface area contributed by atoms with Crippen molar-refractivity contribution in [2.24, 2.45) is 52.8 Å². The van der Waals surface area contributed by atoms with E-state index in [1.807, 2.05) is 0 Å². The van der Waals surface area contributed by atoms with Crippen molar-refractivity contribution in [2.75, 3.05) is 52.7 Å². The number of rotatable bonds is 26. The van der Waals surface area contributed by atoms with E-state index < -0.39 is 18.0 Å². The van der Waals surface area contributed by atoms with Crippen LogP contribution in [0.1, 0.15) is 182 Å². The molecule has 340 valence electrons. The molecule has 0 spiro atoms. The third kappa shape index (κ3) is 19.1. The Morgan fingerprint density at radius 2 is 1.19 bits per heavy atom. The number of fused-ring (bicyclic) bond motifs is 2. The van der Waals surface area contributed by atoms with Gasteiger partial charge < -0.3 is 28.6 Å². The van der Waals surface area contributed by atoms with Gasteiger partial charge in [0.15, 0.2) is 0 Å². The fourth-order valence-corrected chi connectivity index (χ4v) is 11.4. The van der Waals surface area contributed by atoms with Crippen LogP contribution in [0.15, 0.2) is 0 Å². The maximum absolute atomic E-state index is 13.1. The third-order valence-electron chi connectivity index (χ3n) is 14.6. The molecule has 10 nitrogen and oxygen atoms in total. The van der Waals surface area contributed by atoms with E-state index in [0.717, 1.165) is 69.0 Å². The average molecular weight is 832 g/mol. The highest BCUT2D eigenvalue weighted by Crippen LogP contribution is 2.51. The van der Waals surface area contributed by atoms with E-state index in [1.54, 1.807) is 0 Å². The van der Waals surface area contributed by atoms with Crippen molar-refractivity contribution in [1.29, 1.82) is 0 Å². The maximum atomic E-state index is 13.1. The molecule has 0 heterocycles. The lowest BCUT2D eigenvalue weighted by Gasteiger charge is -2.47. The van der Waals surface area contributed by atoms with E-state index in [1.165, 1.54) is 83.5 Å². The summed E-state index contributed by atoms with van der Waals surface area (Å²) in [5.41, 5.74) is -0.0732. The molecule has 4 aliphatic carbocycles. The van der Waals surface area contributed by atoms with Gasteiger partial charge in [0.1, 0.15) is 19.8 Å². The quantitative estimate of drug-likeness (QED) is 0.0473. The molecular weight excluding hydrogens is 747 g/mol.